The summed E-state index contributed by atoms with van der Waals surface area (Å²) in [6, 6.07) is 14.5. The van der Waals surface area contributed by atoms with E-state index in [1.807, 2.05) is 44.2 Å². The minimum Gasteiger partial charge on any atom is -0.505 e. The molecule has 3 aromatic rings. The first kappa shape index (κ1) is 19.4. The minimum absolute atomic E-state index is 0.0566. The van der Waals surface area contributed by atoms with Crippen molar-refractivity contribution in [2.75, 3.05) is 6.54 Å². The molecule has 144 valence electrons. The number of hydrogen-bond donors (Lipinski definition) is 2. The van der Waals surface area contributed by atoms with Crippen LogP contribution in [0.2, 0.25) is 0 Å². The molecule has 6 nitrogen and oxygen atoms in total. The lowest BCUT2D eigenvalue weighted by atomic mass is 10.0. The van der Waals surface area contributed by atoms with Crippen LogP contribution >= 0.6 is 0 Å². The molecule has 0 fully saturated rings. The Hall–Kier alpha value is -3.41. The number of rotatable bonds is 7. The molecule has 2 aromatic carbocycles. The van der Waals surface area contributed by atoms with E-state index in [0.29, 0.717) is 28.7 Å². The van der Waals surface area contributed by atoms with E-state index in [0.717, 1.165) is 0 Å². The summed E-state index contributed by atoms with van der Waals surface area (Å²) >= 11 is 0. The number of benzene rings is 2. The van der Waals surface area contributed by atoms with Crippen LogP contribution in [-0.2, 0) is 4.79 Å². The third kappa shape index (κ3) is 4.28. The van der Waals surface area contributed by atoms with Crippen LogP contribution in [0, 0.1) is 5.92 Å². The van der Waals surface area contributed by atoms with E-state index in [2.05, 4.69) is 10.3 Å². The van der Waals surface area contributed by atoms with Gasteiger partial charge in [0.05, 0.1) is 6.54 Å². The summed E-state index contributed by atoms with van der Waals surface area (Å²) in [7, 11) is 0. The number of fused-ring (bicyclic) bond motifs is 1. The Kier molecular flexibility index (Phi) is 5.89. The summed E-state index contributed by atoms with van der Waals surface area (Å²) in [4.78, 5) is 28.3. The summed E-state index contributed by atoms with van der Waals surface area (Å²) < 4.78 is 5.78. The van der Waals surface area contributed by atoms with Crippen LogP contribution in [0.5, 0.6) is 17.2 Å². The number of pyridine rings is 1. The summed E-state index contributed by atoms with van der Waals surface area (Å²) in [6.45, 7) is 3.64. The molecule has 0 radical (unpaired) electrons. The molecule has 0 spiro atoms. The number of Topliss-reactive ketones (excluding diaryl/α,β-unsaturated/α-hetero) is 1. The van der Waals surface area contributed by atoms with Crippen LogP contribution in [0.3, 0.4) is 0 Å². The van der Waals surface area contributed by atoms with Crippen LogP contribution in [0.25, 0.3) is 10.8 Å². The monoisotopic (exact) mass is 378 g/mol. The molecule has 1 heterocycles. The van der Waals surface area contributed by atoms with Crippen molar-refractivity contribution in [2.45, 2.75) is 20.3 Å². The molecule has 3 rings (SSSR count). The average molecular weight is 378 g/mol. The fraction of sp³-hybridized carbons (Fsp3) is 0.227. The predicted octanol–water partition coefficient (Wildman–Crippen LogP) is 4.08. The fourth-order valence-corrected chi connectivity index (χ4v) is 2.69. The highest BCUT2D eigenvalue weighted by Crippen LogP contribution is 2.31. The molecule has 0 saturated heterocycles. The maximum atomic E-state index is 12.3. The van der Waals surface area contributed by atoms with E-state index in [1.165, 1.54) is 6.20 Å². The number of carbonyl (C=O) groups excluding carboxylic acids is 2. The normalized spacial score (nSPS) is 11.8. The Morgan fingerprint density at radius 1 is 1.14 bits per heavy atom. The Bertz CT molecular complexity index is 1000. The Labute approximate surface area is 163 Å². The molecule has 0 aliphatic rings. The topological polar surface area (TPSA) is 88.5 Å². The number of nitrogens with zero attached hydrogens (tertiary/aromatic N) is 1. The van der Waals surface area contributed by atoms with Gasteiger partial charge in [-0.1, -0.05) is 32.0 Å². The number of nitrogens with one attached hydrogen (secondary N) is 1. The van der Waals surface area contributed by atoms with Gasteiger partial charge in [0.2, 0.25) is 0 Å². The molecule has 0 saturated carbocycles. The van der Waals surface area contributed by atoms with E-state index in [-0.39, 0.29) is 29.7 Å². The van der Waals surface area contributed by atoms with E-state index >= 15 is 0 Å². The van der Waals surface area contributed by atoms with Crippen molar-refractivity contribution in [3.05, 3.63) is 60.4 Å². The number of amides is 1. The largest absolute Gasteiger partial charge is 0.505 e. The molecule has 1 aromatic heterocycles. The Balaban J connectivity index is 1.78. The number of aromatic nitrogens is 1. The van der Waals surface area contributed by atoms with E-state index in [4.69, 9.17) is 4.74 Å². The van der Waals surface area contributed by atoms with Gasteiger partial charge in [-0.2, -0.15) is 0 Å². The van der Waals surface area contributed by atoms with Crippen LogP contribution in [0.1, 0.15) is 30.8 Å². The zero-order chi connectivity index (χ0) is 20.1. The summed E-state index contributed by atoms with van der Waals surface area (Å²) in [5.74, 6) is 0.301. The van der Waals surface area contributed by atoms with Crippen molar-refractivity contribution < 1.29 is 19.4 Å². The fourth-order valence-electron chi connectivity index (χ4n) is 2.69. The lowest BCUT2D eigenvalue weighted by Gasteiger charge is -2.11. The summed E-state index contributed by atoms with van der Waals surface area (Å²) in [5.41, 5.74) is -0.110. The van der Waals surface area contributed by atoms with Crippen LogP contribution in [0.15, 0.2) is 54.7 Å². The number of aromatic hydroxyl groups is 1. The molecule has 1 atom stereocenters. The quantitative estimate of drug-likeness (QED) is 0.647. The van der Waals surface area contributed by atoms with Crippen molar-refractivity contribution in [1.82, 2.24) is 10.3 Å². The summed E-state index contributed by atoms with van der Waals surface area (Å²) in [6.07, 6.45) is 2.21. The van der Waals surface area contributed by atoms with E-state index < -0.39 is 5.91 Å². The Morgan fingerprint density at radius 3 is 2.61 bits per heavy atom. The second kappa shape index (κ2) is 8.52. The van der Waals surface area contributed by atoms with Gasteiger partial charge in [0.25, 0.3) is 5.91 Å². The molecule has 2 N–H and O–H groups in total. The third-order valence-corrected chi connectivity index (χ3v) is 4.61. The first-order chi connectivity index (χ1) is 13.5. The van der Waals surface area contributed by atoms with Gasteiger partial charge in [-0.3, -0.25) is 9.59 Å². The van der Waals surface area contributed by atoms with E-state index in [1.54, 1.807) is 18.2 Å². The molecule has 28 heavy (non-hydrogen) atoms. The number of ketones is 1. The molecule has 6 heteroatoms. The zero-order valence-electron chi connectivity index (χ0n) is 15.8. The molecule has 0 bridgehead atoms. The SMILES string of the molecule is CCC(C)C(=O)CNC(=O)c1ncc2cc(Oc3ccccc3)ccc2c1O. The highest BCUT2D eigenvalue weighted by atomic mass is 16.5. The van der Waals surface area contributed by atoms with Gasteiger partial charge < -0.3 is 15.2 Å². The average Bonchev–Trinajstić information content (AvgIpc) is 2.72. The van der Waals surface area contributed by atoms with Gasteiger partial charge in [-0.25, -0.2) is 4.98 Å². The van der Waals surface area contributed by atoms with Crippen LogP contribution < -0.4 is 10.1 Å². The maximum absolute atomic E-state index is 12.3. The van der Waals surface area contributed by atoms with Crippen molar-refractivity contribution in [1.29, 1.82) is 0 Å². The number of carbonyl (C=O) groups is 2. The second-order valence-electron chi connectivity index (χ2n) is 6.58. The van der Waals surface area contributed by atoms with Gasteiger partial charge in [-0.05, 0) is 36.8 Å². The molecule has 0 aliphatic carbocycles. The van der Waals surface area contributed by atoms with Crippen molar-refractivity contribution in [3.63, 3.8) is 0 Å². The number of para-hydroxylation sites is 1. The lowest BCUT2D eigenvalue weighted by molar-refractivity contribution is -0.121. The van der Waals surface area contributed by atoms with Gasteiger partial charge in [-0.15, -0.1) is 0 Å². The zero-order valence-corrected chi connectivity index (χ0v) is 15.8. The van der Waals surface area contributed by atoms with Crippen LogP contribution in [-0.4, -0.2) is 28.3 Å². The predicted molar refractivity (Wildman–Crippen MR) is 107 cm³/mol. The standard InChI is InChI=1S/C22H22N2O4/c1-3-14(2)19(25)13-24-22(27)20-21(26)18-10-9-17(11-15(18)12-23-20)28-16-7-5-4-6-8-16/h4-12,14,26H,3,13H2,1-2H3,(H,24,27). The highest BCUT2D eigenvalue weighted by Gasteiger charge is 2.18. The molecule has 1 unspecified atom stereocenters. The highest BCUT2D eigenvalue weighted by molar-refractivity contribution is 6.02. The van der Waals surface area contributed by atoms with Gasteiger partial charge >= 0.3 is 0 Å². The van der Waals surface area contributed by atoms with Crippen molar-refractivity contribution >= 4 is 22.5 Å². The third-order valence-electron chi connectivity index (χ3n) is 4.61. The maximum Gasteiger partial charge on any atom is 0.274 e. The summed E-state index contributed by atoms with van der Waals surface area (Å²) in [5, 5.41) is 14.1. The second-order valence-corrected chi connectivity index (χ2v) is 6.58. The Morgan fingerprint density at radius 2 is 1.89 bits per heavy atom. The number of ether oxygens (including phenoxy) is 1. The molecular formula is C22H22N2O4. The van der Waals surface area contributed by atoms with Crippen LogP contribution in [0.4, 0.5) is 0 Å². The van der Waals surface area contributed by atoms with Gasteiger partial charge in [0.1, 0.15) is 11.5 Å². The molecule has 1 amide bonds. The lowest BCUT2D eigenvalue weighted by Crippen LogP contribution is -2.32. The van der Waals surface area contributed by atoms with Gasteiger partial charge in [0, 0.05) is 22.9 Å². The smallest absolute Gasteiger partial charge is 0.274 e. The first-order valence-electron chi connectivity index (χ1n) is 9.15. The molecule has 0 aliphatic heterocycles. The first-order valence-corrected chi connectivity index (χ1v) is 9.15. The van der Waals surface area contributed by atoms with E-state index in [9.17, 15) is 14.7 Å². The van der Waals surface area contributed by atoms with Crippen molar-refractivity contribution in [3.8, 4) is 17.2 Å². The molecular weight excluding hydrogens is 356 g/mol. The number of hydrogen-bond acceptors (Lipinski definition) is 5. The minimum atomic E-state index is -0.583. The van der Waals surface area contributed by atoms with Crippen molar-refractivity contribution in [2.24, 2.45) is 5.92 Å². The van der Waals surface area contributed by atoms with Gasteiger partial charge in [0.15, 0.2) is 17.2 Å².